The van der Waals surface area contributed by atoms with E-state index in [1.165, 1.54) is 12.1 Å². The van der Waals surface area contributed by atoms with Crippen LogP contribution in [0.25, 0.3) is 10.6 Å². The largest absolute Gasteiger partial charge is 0.369 e. The molecule has 0 bridgehead atoms. The molecule has 3 heterocycles. The molecule has 1 aliphatic heterocycles. The maximum absolute atomic E-state index is 4.35. The summed E-state index contributed by atoms with van der Waals surface area (Å²) >= 11 is 1.65. The van der Waals surface area contributed by atoms with Gasteiger partial charge >= 0.3 is 0 Å². The van der Waals surface area contributed by atoms with E-state index in [1.54, 1.807) is 11.3 Å². The maximum Gasteiger partial charge on any atom is 0.124 e. The van der Waals surface area contributed by atoms with E-state index in [0.29, 0.717) is 0 Å². The molecule has 0 radical (unpaired) electrons. The number of anilines is 1. The van der Waals surface area contributed by atoms with Gasteiger partial charge in [-0.25, -0.2) is 4.98 Å². The third-order valence-corrected chi connectivity index (χ3v) is 3.93. The van der Waals surface area contributed by atoms with Gasteiger partial charge in [-0.15, -0.1) is 11.3 Å². The van der Waals surface area contributed by atoms with Crippen LogP contribution in [0.2, 0.25) is 0 Å². The van der Waals surface area contributed by atoms with Gasteiger partial charge in [-0.2, -0.15) is 0 Å². The lowest BCUT2D eigenvalue weighted by Crippen LogP contribution is -2.27. The minimum absolute atomic E-state index is 1.04. The summed E-state index contributed by atoms with van der Waals surface area (Å²) in [6, 6.07) is 2.19. The van der Waals surface area contributed by atoms with Crippen LogP contribution < -0.4 is 10.2 Å². The quantitative estimate of drug-likeness (QED) is 0.896. The summed E-state index contributed by atoms with van der Waals surface area (Å²) in [6.07, 6.45) is 6.85. The van der Waals surface area contributed by atoms with Crippen molar-refractivity contribution in [1.82, 2.24) is 15.3 Å². The average Bonchev–Trinajstić information content (AvgIpc) is 2.82. The maximum atomic E-state index is 4.35. The van der Waals surface area contributed by atoms with Crippen molar-refractivity contribution < 1.29 is 0 Å². The Morgan fingerprint density at radius 2 is 2.22 bits per heavy atom. The minimum Gasteiger partial charge on any atom is -0.369 e. The monoisotopic (exact) mass is 260 g/mol. The van der Waals surface area contributed by atoms with Crippen molar-refractivity contribution in [2.45, 2.75) is 6.42 Å². The summed E-state index contributed by atoms with van der Waals surface area (Å²) in [7, 11) is 0. The van der Waals surface area contributed by atoms with Crippen molar-refractivity contribution in [3.63, 3.8) is 0 Å². The molecule has 1 aliphatic rings. The first-order valence-electron chi connectivity index (χ1n) is 6.24. The number of thiazole rings is 1. The number of hydrogen-bond donors (Lipinski definition) is 1. The molecular formula is C13H16N4S. The number of hydrogen-bond acceptors (Lipinski definition) is 5. The van der Waals surface area contributed by atoms with E-state index in [0.717, 1.165) is 36.8 Å². The van der Waals surface area contributed by atoms with E-state index < -0.39 is 0 Å². The highest BCUT2D eigenvalue weighted by atomic mass is 32.1. The zero-order valence-corrected chi connectivity index (χ0v) is 11.0. The molecule has 0 atom stereocenters. The number of aromatic nitrogens is 2. The molecule has 0 aromatic carbocycles. The van der Waals surface area contributed by atoms with Gasteiger partial charge in [0.25, 0.3) is 0 Å². The van der Waals surface area contributed by atoms with Gasteiger partial charge in [-0.05, 0) is 19.0 Å². The molecule has 3 rings (SSSR count). The third-order valence-electron chi connectivity index (χ3n) is 3.11. The van der Waals surface area contributed by atoms with Crippen molar-refractivity contribution in [2.75, 3.05) is 31.1 Å². The standard InChI is InChI=1S/C13H16N4S/c1-2-14-3-6-17(5-1)12-8-11(9-15-10-12)13-16-4-7-18-13/h4,7-10,14H,1-3,5-6H2. The van der Waals surface area contributed by atoms with Crippen LogP contribution in [-0.4, -0.2) is 36.1 Å². The fraction of sp³-hybridized carbons (Fsp3) is 0.385. The van der Waals surface area contributed by atoms with Crippen LogP contribution in [-0.2, 0) is 0 Å². The van der Waals surface area contributed by atoms with Crippen molar-refractivity contribution in [3.05, 3.63) is 30.0 Å². The second kappa shape index (κ2) is 5.46. The molecular weight excluding hydrogens is 244 g/mol. The molecule has 0 unspecified atom stereocenters. The van der Waals surface area contributed by atoms with Gasteiger partial charge in [0.2, 0.25) is 0 Å². The fourth-order valence-corrected chi connectivity index (χ4v) is 2.81. The highest BCUT2D eigenvalue weighted by molar-refractivity contribution is 7.13. The highest BCUT2D eigenvalue weighted by Crippen LogP contribution is 2.25. The molecule has 2 aromatic rings. The molecule has 18 heavy (non-hydrogen) atoms. The van der Waals surface area contributed by atoms with E-state index >= 15 is 0 Å². The molecule has 1 saturated heterocycles. The van der Waals surface area contributed by atoms with Gasteiger partial charge in [-0.3, -0.25) is 4.98 Å². The van der Waals surface area contributed by atoms with Gasteiger partial charge in [0.15, 0.2) is 0 Å². The van der Waals surface area contributed by atoms with Crippen molar-refractivity contribution in [2.24, 2.45) is 0 Å². The Balaban J connectivity index is 1.86. The van der Waals surface area contributed by atoms with Crippen LogP contribution in [0.15, 0.2) is 30.0 Å². The molecule has 0 aliphatic carbocycles. The Bertz CT molecular complexity index is 489. The van der Waals surface area contributed by atoms with Crippen molar-refractivity contribution in [1.29, 1.82) is 0 Å². The number of nitrogens with zero attached hydrogens (tertiary/aromatic N) is 3. The van der Waals surface area contributed by atoms with E-state index in [4.69, 9.17) is 0 Å². The Morgan fingerprint density at radius 1 is 1.22 bits per heavy atom. The predicted molar refractivity (Wildman–Crippen MR) is 75.0 cm³/mol. The average molecular weight is 260 g/mol. The lowest BCUT2D eigenvalue weighted by molar-refractivity contribution is 0.724. The normalized spacial score (nSPS) is 16.6. The molecule has 0 saturated carbocycles. The fourth-order valence-electron chi connectivity index (χ4n) is 2.19. The van der Waals surface area contributed by atoms with E-state index in [1.807, 2.05) is 24.0 Å². The van der Waals surface area contributed by atoms with Crippen LogP contribution in [0.3, 0.4) is 0 Å². The van der Waals surface area contributed by atoms with Crippen molar-refractivity contribution >= 4 is 17.0 Å². The zero-order chi connectivity index (χ0) is 12.2. The second-order valence-corrected chi connectivity index (χ2v) is 5.25. The summed E-state index contributed by atoms with van der Waals surface area (Å²) in [5.41, 5.74) is 2.31. The molecule has 0 spiro atoms. The number of nitrogens with one attached hydrogen (secondary N) is 1. The lowest BCUT2D eigenvalue weighted by atomic mass is 10.2. The molecule has 1 N–H and O–H groups in total. The molecule has 1 fully saturated rings. The summed E-state index contributed by atoms with van der Waals surface area (Å²) < 4.78 is 0. The number of pyridine rings is 1. The Labute approximate surface area is 111 Å². The Kier molecular flexibility index (Phi) is 3.52. The molecule has 4 nitrogen and oxygen atoms in total. The number of rotatable bonds is 2. The van der Waals surface area contributed by atoms with Gasteiger partial charge < -0.3 is 10.2 Å². The first kappa shape index (κ1) is 11.6. The van der Waals surface area contributed by atoms with Gasteiger partial charge in [0.05, 0.1) is 11.9 Å². The van der Waals surface area contributed by atoms with Crippen molar-refractivity contribution in [3.8, 4) is 10.6 Å². The van der Waals surface area contributed by atoms with Gasteiger partial charge in [-0.1, -0.05) is 0 Å². The van der Waals surface area contributed by atoms with Gasteiger partial charge in [0, 0.05) is 43.0 Å². The Hall–Kier alpha value is -1.46. The summed E-state index contributed by atoms with van der Waals surface area (Å²) in [5.74, 6) is 0. The first-order chi connectivity index (χ1) is 8.93. The molecule has 5 heteroatoms. The van der Waals surface area contributed by atoms with Crippen LogP contribution in [0.5, 0.6) is 0 Å². The lowest BCUT2D eigenvalue weighted by Gasteiger charge is -2.22. The highest BCUT2D eigenvalue weighted by Gasteiger charge is 2.11. The van der Waals surface area contributed by atoms with Crippen LogP contribution in [0.4, 0.5) is 5.69 Å². The van der Waals surface area contributed by atoms with Crippen LogP contribution in [0.1, 0.15) is 6.42 Å². The predicted octanol–water partition coefficient (Wildman–Crippen LogP) is 2.00. The molecule has 2 aromatic heterocycles. The van der Waals surface area contributed by atoms with E-state index in [2.05, 4.69) is 26.3 Å². The second-order valence-electron chi connectivity index (χ2n) is 4.36. The van der Waals surface area contributed by atoms with Crippen LogP contribution in [0, 0.1) is 0 Å². The molecule has 94 valence electrons. The Morgan fingerprint density at radius 3 is 3.11 bits per heavy atom. The first-order valence-corrected chi connectivity index (χ1v) is 7.12. The topological polar surface area (TPSA) is 41.1 Å². The zero-order valence-electron chi connectivity index (χ0n) is 10.2. The van der Waals surface area contributed by atoms with E-state index in [9.17, 15) is 0 Å². The minimum atomic E-state index is 1.04. The SMILES string of the molecule is c1csc(-c2cncc(N3CCCNCC3)c2)n1. The van der Waals surface area contributed by atoms with E-state index in [-0.39, 0.29) is 0 Å². The summed E-state index contributed by atoms with van der Waals surface area (Å²) in [6.45, 7) is 4.29. The summed E-state index contributed by atoms with van der Waals surface area (Å²) in [4.78, 5) is 11.1. The smallest absolute Gasteiger partial charge is 0.124 e. The van der Waals surface area contributed by atoms with Crippen LogP contribution >= 0.6 is 11.3 Å². The van der Waals surface area contributed by atoms with Gasteiger partial charge in [0.1, 0.15) is 5.01 Å². The summed E-state index contributed by atoms with van der Waals surface area (Å²) in [5, 5.41) is 6.45. The third kappa shape index (κ3) is 2.52. The molecule has 0 amide bonds.